The summed E-state index contributed by atoms with van der Waals surface area (Å²) in [5, 5.41) is 3.12. The average Bonchev–Trinajstić information content (AvgIpc) is 3.22. The van der Waals surface area contributed by atoms with E-state index in [-0.39, 0.29) is 11.7 Å². The fraction of sp³-hybridized carbons (Fsp3) is 0.250. The second kappa shape index (κ2) is 7.67. The number of anilines is 3. The number of amides is 1. The van der Waals surface area contributed by atoms with E-state index >= 15 is 0 Å². The maximum atomic E-state index is 13.4. The highest BCUT2D eigenvalue weighted by atomic mass is 19.1. The summed E-state index contributed by atoms with van der Waals surface area (Å²) in [6, 6.07) is 11.4. The van der Waals surface area contributed by atoms with Gasteiger partial charge in [0, 0.05) is 37.9 Å². The summed E-state index contributed by atoms with van der Waals surface area (Å²) in [5.41, 5.74) is 0.623. The maximum absolute atomic E-state index is 13.4. The van der Waals surface area contributed by atoms with Gasteiger partial charge in [-0.15, -0.1) is 0 Å². The quantitative estimate of drug-likeness (QED) is 0.748. The van der Waals surface area contributed by atoms with Gasteiger partial charge < -0.3 is 19.5 Å². The molecule has 1 aliphatic rings. The van der Waals surface area contributed by atoms with E-state index in [0.717, 1.165) is 5.82 Å². The van der Waals surface area contributed by atoms with Crippen LogP contribution in [0.2, 0.25) is 0 Å². The van der Waals surface area contributed by atoms with Crippen molar-refractivity contribution < 1.29 is 13.6 Å². The Balaban J connectivity index is 1.45. The molecule has 1 N–H and O–H groups in total. The molecule has 3 aromatic rings. The first-order chi connectivity index (χ1) is 13.6. The van der Waals surface area contributed by atoms with Crippen LogP contribution < -0.4 is 10.2 Å². The molecule has 1 saturated heterocycles. The zero-order valence-corrected chi connectivity index (χ0v) is 15.4. The third-order valence-electron chi connectivity index (χ3n) is 4.54. The Kier molecular flexibility index (Phi) is 4.92. The minimum Gasteiger partial charge on any atom is -0.459 e. The molecular weight excluding hydrogens is 361 g/mol. The van der Waals surface area contributed by atoms with Gasteiger partial charge in [-0.25, -0.2) is 14.4 Å². The molecule has 1 aromatic carbocycles. The van der Waals surface area contributed by atoms with Gasteiger partial charge in [0.15, 0.2) is 5.76 Å². The van der Waals surface area contributed by atoms with Gasteiger partial charge in [-0.3, -0.25) is 4.79 Å². The number of furan rings is 1. The Morgan fingerprint density at radius 3 is 2.64 bits per heavy atom. The number of nitrogens with one attached hydrogen (secondary N) is 1. The van der Waals surface area contributed by atoms with Crippen LogP contribution in [0, 0.1) is 12.7 Å². The Morgan fingerprint density at radius 2 is 1.93 bits per heavy atom. The van der Waals surface area contributed by atoms with Crippen LogP contribution in [0.4, 0.5) is 21.7 Å². The van der Waals surface area contributed by atoms with Crippen LogP contribution in [0.5, 0.6) is 0 Å². The molecule has 4 rings (SSSR count). The average molecular weight is 381 g/mol. The van der Waals surface area contributed by atoms with Crippen LogP contribution in [-0.2, 0) is 0 Å². The van der Waals surface area contributed by atoms with Crippen molar-refractivity contribution in [2.75, 3.05) is 36.4 Å². The SMILES string of the molecule is Cc1nc(Nc2cccc(F)c2)cc(N2CCN(C(=O)c3ccco3)CC2)n1. The van der Waals surface area contributed by atoms with Crippen molar-refractivity contribution in [3.8, 4) is 0 Å². The van der Waals surface area contributed by atoms with Crippen LogP contribution in [0.3, 0.4) is 0 Å². The molecule has 0 bridgehead atoms. The van der Waals surface area contributed by atoms with Crippen LogP contribution in [-0.4, -0.2) is 47.0 Å². The minimum atomic E-state index is -0.312. The number of rotatable bonds is 4. The highest BCUT2D eigenvalue weighted by molar-refractivity contribution is 5.91. The number of benzene rings is 1. The third kappa shape index (κ3) is 3.95. The molecule has 1 aliphatic heterocycles. The molecule has 2 aromatic heterocycles. The maximum Gasteiger partial charge on any atom is 0.289 e. The van der Waals surface area contributed by atoms with Gasteiger partial charge in [0.1, 0.15) is 23.3 Å². The zero-order valence-electron chi connectivity index (χ0n) is 15.4. The summed E-state index contributed by atoms with van der Waals surface area (Å²) in [5.74, 6) is 1.93. The van der Waals surface area contributed by atoms with Crippen molar-refractivity contribution in [2.24, 2.45) is 0 Å². The second-order valence-corrected chi connectivity index (χ2v) is 6.55. The Labute approximate surface area is 161 Å². The summed E-state index contributed by atoms with van der Waals surface area (Å²) < 4.78 is 18.6. The molecule has 0 unspecified atom stereocenters. The molecule has 0 saturated carbocycles. The van der Waals surface area contributed by atoms with Crippen LogP contribution in [0.25, 0.3) is 0 Å². The number of carbonyl (C=O) groups excluding carboxylic acids is 1. The van der Waals surface area contributed by atoms with Gasteiger partial charge in [-0.2, -0.15) is 0 Å². The standard InChI is InChI=1S/C20H20FN5O2/c1-14-22-18(24-16-5-2-4-15(21)12-16)13-19(23-14)25-7-9-26(10-8-25)20(27)17-6-3-11-28-17/h2-6,11-13H,7-10H2,1H3,(H,22,23,24). The van der Waals surface area contributed by atoms with Crippen molar-refractivity contribution in [1.82, 2.24) is 14.9 Å². The molecular formula is C20H20FN5O2. The minimum absolute atomic E-state index is 0.100. The molecule has 3 heterocycles. The van der Waals surface area contributed by atoms with Crippen LogP contribution >= 0.6 is 0 Å². The fourth-order valence-corrected chi connectivity index (χ4v) is 3.19. The predicted molar refractivity (Wildman–Crippen MR) is 103 cm³/mol. The van der Waals surface area contributed by atoms with Crippen molar-refractivity contribution in [2.45, 2.75) is 6.92 Å². The van der Waals surface area contributed by atoms with Crippen molar-refractivity contribution in [3.63, 3.8) is 0 Å². The van der Waals surface area contributed by atoms with E-state index in [9.17, 15) is 9.18 Å². The van der Waals surface area contributed by atoms with E-state index in [0.29, 0.717) is 49.3 Å². The normalized spacial score (nSPS) is 14.2. The number of carbonyl (C=O) groups is 1. The molecule has 144 valence electrons. The summed E-state index contributed by atoms with van der Waals surface area (Å²) >= 11 is 0. The Morgan fingerprint density at radius 1 is 1.11 bits per heavy atom. The van der Waals surface area contributed by atoms with Gasteiger partial charge in [0.05, 0.1) is 6.26 Å². The molecule has 1 amide bonds. The predicted octanol–water partition coefficient (Wildman–Crippen LogP) is 3.22. The monoisotopic (exact) mass is 381 g/mol. The van der Waals surface area contributed by atoms with E-state index in [4.69, 9.17) is 4.42 Å². The van der Waals surface area contributed by atoms with Gasteiger partial charge in [-0.1, -0.05) is 6.07 Å². The number of nitrogens with zero attached hydrogens (tertiary/aromatic N) is 4. The first kappa shape index (κ1) is 18.0. The zero-order chi connectivity index (χ0) is 19.5. The van der Waals surface area contributed by atoms with Gasteiger partial charge >= 0.3 is 0 Å². The van der Waals surface area contributed by atoms with Crippen LogP contribution in [0.15, 0.2) is 53.1 Å². The van der Waals surface area contributed by atoms with Crippen LogP contribution in [0.1, 0.15) is 16.4 Å². The van der Waals surface area contributed by atoms with Crippen molar-refractivity contribution in [3.05, 3.63) is 66.1 Å². The number of hydrogen-bond donors (Lipinski definition) is 1. The molecule has 1 fully saturated rings. The number of piperazine rings is 1. The van der Waals surface area contributed by atoms with Crippen molar-refractivity contribution >= 4 is 23.2 Å². The molecule has 0 radical (unpaired) electrons. The van der Waals surface area contributed by atoms with E-state index in [1.165, 1.54) is 18.4 Å². The third-order valence-corrected chi connectivity index (χ3v) is 4.54. The molecule has 0 atom stereocenters. The summed E-state index contributed by atoms with van der Waals surface area (Å²) in [6.45, 7) is 4.28. The highest BCUT2D eigenvalue weighted by Gasteiger charge is 2.24. The fourth-order valence-electron chi connectivity index (χ4n) is 3.19. The Bertz CT molecular complexity index is 968. The number of aryl methyl sites for hydroxylation is 1. The smallest absolute Gasteiger partial charge is 0.289 e. The number of halogens is 1. The lowest BCUT2D eigenvalue weighted by Crippen LogP contribution is -2.49. The number of aromatic nitrogens is 2. The lowest BCUT2D eigenvalue weighted by Gasteiger charge is -2.35. The summed E-state index contributed by atoms with van der Waals surface area (Å²) in [4.78, 5) is 25.2. The second-order valence-electron chi connectivity index (χ2n) is 6.55. The lowest BCUT2D eigenvalue weighted by molar-refractivity contribution is 0.0714. The van der Waals surface area contributed by atoms with Crippen molar-refractivity contribution in [1.29, 1.82) is 0 Å². The van der Waals surface area contributed by atoms with Gasteiger partial charge in [0.25, 0.3) is 5.91 Å². The summed E-state index contributed by atoms with van der Waals surface area (Å²) in [7, 11) is 0. The first-order valence-electron chi connectivity index (χ1n) is 9.04. The molecule has 0 spiro atoms. The molecule has 7 nitrogen and oxygen atoms in total. The summed E-state index contributed by atoms with van der Waals surface area (Å²) in [6.07, 6.45) is 1.50. The van der Waals surface area contributed by atoms with E-state index in [2.05, 4.69) is 20.2 Å². The molecule has 28 heavy (non-hydrogen) atoms. The van der Waals surface area contributed by atoms with E-state index in [1.807, 2.05) is 13.0 Å². The Hall–Kier alpha value is -3.42. The van der Waals surface area contributed by atoms with E-state index < -0.39 is 0 Å². The number of hydrogen-bond acceptors (Lipinski definition) is 6. The first-order valence-corrected chi connectivity index (χ1v) is 9.04. The largest absolute Gasteiger partial charge is 0.459 e. The molecule has 0 aliphatic carbocycles. The van der Waals surface area contributed by atoms with Gasteiger partial charge in [0.2, 0.25) is 0 Å². The van der Waals surface area contributed by atoms with Gasteiger partial charge in [-0.05, 0) is 37.3 Å². The van der Waals surface area contributed by atoms with E-state index in [1.54, 1.807) is 29.2 Å². The molecule has 8 heteroatoms. The highest BCUT2D eigenvalue weighted by Crippen LogP contribution is 2.22. The topological polar surface area (TPSA) is 74.5 Å². The lowest BCUT2D eigenvalue weighted by atomic mass is 10.2.